The Bertz CT molecular complexity index is 670. The van der Waals surface area contributed by atoms with E-state index >= 15 is 0 Å². The summed E-state index contributed by atoms with van der Waals surface area (Å²) in [7, 11) is 1.69. The van der Waals surface area contributed by atoms with Gasteiger partial charge in [0.2, 0.25) is 0 Å². The largest absolute Gasteiger partial charge is 0.491 e. The van der Waals surface area contributed by atoms with Crippen LogP contribution in [0.2, 0.25) is 0 Å². The van der Waals surface area contributed by atoms with Gasteiger partial charge in [0.25, 0.3) is 5.91 Å². The number of nitrogens with zero attached hydrogens (tertiary/aromatic N) is 2. The highest BCUT2D eigenvalue weighted by molar-refractivity contribution is 5.95. The van der Waals surface area contributed by atoms with Crippen molar-refractivity contribution in [2.45, 2.75) is 45.2 Å². The summed E-state index contributed by atoms with van der Waals surface area (Å²) < 4.78 is 16.8. The van der Waals surface area contributed by atoms with E-state index in [0.29, 0.717) is 32.0 Å². The maximum absolute atomic E-state index is 13.5. The van der Waals surface area contributed by atoms with Crippen molar-refractivity contribution < 1.29 is 19.0 Å². The standard InChI is InChI=1S/C23H37N3O4/c1-18(2)26(20-6-4-9-24-17-20)23(27)19-7-8-21(25-10-14-29-15-11-25)22(16-19)30-13-5-12-28-3/h7-8,16,18,20,24H,4-6,9-15,17H2,1-3H3/t20-/m1/s1. The van der Waals surface area contributed by atoms with Crippen LogP contribution in [-0.2, 0) is 9.47 Å². The number of carbonyl (C=O) groups is 1. The summed E-state index contributed by atoms with van der Waals surface area (Å²) >= 11 is 0. The summed E-state index contributed by atoms with van der Waals surface area (Å²) in [5.41, 5.74) is 1.72. The van der Waals surface area contributed by atoms with Gasteiger partial charge in [-0.25, -0.2) is 0 Å². The quantitative estimate of drug-likeness (QED) is 0.621. The Kier molecular flexibility index (Phi) is 8.78. The molecule has 2 aliphatic rings. The van der Waals surface area contributed by atoms with Gasteiger partial charge >= 0.3 is 0 Å². The minimum absolute atomic E-state index is 0.0777. The molecule has 0 aliphatic carbocycles. The fourth-order valence-electron chi connectivity index (χ4n) is 4.26. The van der Waals surface area contributed by atoms with E-state index in [-0.39, 0.29) is 18.0 Å². The van der Waals surface area contributed by atoms with Gasteiger partial charge in [-0.15, -0.1) is 0 Å². The van der Waals surface area contributed by atoms with Gasteiger partial charge in [-0.1, -0.05) is 0 Å². The maximum Gasteiger partial charge on any atom is 0.254 e. The Balaban J connectivity index is 1.82. The molecule has 1 aromatic rings. The predicted octanol–water partition coefficient (Wildman–Crippen LogP) is 2.54. The topological polar surface area (TPSA) is 63.3 Å². The van der Waals surface area contributed by atoms with Crippen LogP contribution in [0.5, 0.6) is 5.75 Å². The third-order valence-electron chi connectivity index (χ3n) is 5.76. The van der Waals surface area contributed by atoms with Crippen LogP contribution in [0, 0.1) is 0 Å². The summed E-state index contributed by atoms with van der Waals surface area (Å²) in [6, 6.07) is 6.28. The Morgan fingerprint density at radius 1 is 1.30 bits per heavy atom. The van der Waals surface area contributed by atoms with Crippen molar-refractivity contribution in [3.8, 4) is 5.75 Å². The first-order valence-corrected chi connectivity index (χ1v) is 11.2. The fraction of sp³-hybridized carbons (Fsp3) is 0.696. The van der Waals surface area contributed by atoms with E-state index in [4.69, 9.17) is 14.2 Å². The molecule has 0 saturated carbocycles. The number of rotatable bonds is 9. The predicted molar refractivity (Wildman–Crippen MR) is 119 cm³/mol. The average Bonchev–Trinajstić information content (AvgIpc) is 2.78. The molecule has 1 amide bonds. The van der Waals surface area contributed by atoms with Crippen LogP contribution in [0.3, 0.4) is 0 Å². The van der Waals surface area contributed by atoms with Crippen LogP contribution in [-0.4, -0.2) is 82.6 Å². The first-order chi connectivity index (χ1) is 14.6. The van der Waals surface area contributed by atoms with Gasteiger partial charge in [0, 0.05) is 57.4 Å². The lowest BCUT2D eigenvalue weighted by molar-refractivity contribution is 0.0573. The Hall–Kier alpha value is -1.83. The zero-order valence-electron chi connectivity index (χ0n) is 18.7. The van der Waals surface area contributed by atoms with Crippen molar-refractivity contribution in [1.29, 1.82) is 0 Å². The number of piperidine rings is 1. The minimum atomic E-state index is 0.0777. The highest BCUT2D eigenvalue weighted by Gasteiger charge is 2.29. The summed E-state index contributed by atoms with van der Waals surface area (Å²) in [5, 5.41) is 3.43. The van der Waals surface area contributed by atoms with Gasteiger partial charge < -0.3 is 29.3 Å². The highest BCUT2D eigenvalue weighted by atomic mass is 16.5. The number of nitrogens with one attached hydrogen (secondary N) is 1. The molecule has 0 aromatic heterocycles. The van der Waals surface area contributed by atoms with Gasteiger partial charge in [-0.2, -0.15) is 0 Å². The molecule has 0 radical (unpaired) electrons. The first kappa shape index (κ1) is 22.8. The molecule has 2 fully saturated rings. The van der Waals surface area contributed by atoms with Crippen LogP contribution in [0.4, 0.5) is 5.69 Å². The lowest BCUT2D eigenvalue weighted by Crippen LogP contribution is -2.51. The van der Waals surface area contributed by atoms with Crippen LogP contribution >= 0.6 is 0 Å². The molecule has 7 heteroatoms. The van der Waals surface area contributed by atoms with Gasteiger partial charge in [-0.3, -0.25) is 4.79 Å². The molecule has 7 nitrogen and oxygen atoms in total. The zero-order valence-corrected chi connectivity index (χ0v) is 18.7. The van der Waals surface area contributed by atoms with Crippen LogP contribution in [0.15, 0.2) is 18.2 Å². The molecule has 168 valence electrons. The number of hydrogen-bond acceptors (Lipinski definition) is 6. The van der Waals surface area contributed by atoms with Crippen molar-refractivity contribution in [3.63, 3.8) is 0 Å². The third kappa shape index (κ3) is 5.86. The van der Waals surface area contributed by atoms with Crippen LogP contribution in [0.25, 0.3) is 0 Å². The summed E-state index contributed by atoms with van der Waals surface area (Å²) in [6.45, 7) is 10.4. The average molecular weight is 420 g/mol. The number of methoxy groups -OCH3 is 1. The number of amides is 1. The summed E-state index contributed by atoms with van der Waals surface area (Å²) in [6.07, 6.45) is 2.96. The van der Waals surface area contributed by atoms with E-state index in [2.05, 4.69) is 24.1 Å². The zero-order chi connectivity index (χ0) is 21.3. The lowest BCUT2D eigenvalue weighted by Gasteiger charge is -2.38. The van der Waals surface area contributed by atoms with Crippen molar-refractivity contribution in [2.24, 2.45) is 0 Å². The molecule has 1 N–H and O–H groups in total. The second-order valence-corrected chi connectivity index (χ2v) is 8.28. The number of benzene rings is 1. The molecule has 2 heterocycles. The van der Waals surface area contributed by atoms with E-state index in [0.717, 1.165) is 56.9 Å². The second kappa shape index (κ2) is 11.5. The smallest absolute Gasteiger partial charge is 0.254 e. The number of ether oxygens (including phenoxy) is 3. The molecule has 1 atom stereocenters. The van der Waals surface area contributed by atoms with E-state index in [1.807, 2.05) is 23.1 Å². The SMILES string of the molecule is COCCCOc1cc(C(=O)N(C(C)C)[C@@H]2CCCNC2)ccc1N1CCOCC1. The highest BCUT2D eigenvalue weighted by Crippen LogP contribution is 2.31. The molecule has 2 saturated heterocycles. The molecule has 0 bridgehead atoms. The lowest BCUT2D eigenvalue weighted by atomic mass is 10.0. The molecule has 1 aromatic carbocycles. The molecular formula is C23H37N3O4. The monoisotopic (exact) mass is 419 g/mol. The number of hydrogen-bond donors (Lipinski definition) is 1. The van der Waals surface area contributed by atoms with Gasteiger partial charge in [0.05, 0.1) is 25.5 Å². The molecule has 0 spiro atoms. The molecular weight excluding hydrogens is 382 g/mol. The fourth-order valence-corrected chi connectivity index (χ4v) is 4.26. The first-order valence-electron chi connectivity index (χ1n) is 11.2. The normalized spacial score (nSPS) is 19.7. The maximum atomic E-state index is 13.5. The van der Waals surface area contributed by atoms with E-state index in [9.17, 15) is 4.79 Å². The van der Waals surface area contributed by atoms with Crippen LogP contribution in [0.1, 0.15) is 43.5 Å². The molecule has 30 heavy (non-hydrogen) atoms. The number of carbonyl (C=O) groups excluding carboxylic acids is 1. The van der Waals surface area contributed by atoms with Crippen LogP contribution < -0.4 is 15.0 Å². The Morgan fingerprint density at radius 2 is 2.10 bits per heavy atom. The van der Waals surface area contributed by atoms with Gasteiger partial charge in [0.15, 0.2) is 0 Å². The number of morpholine rings is 1. The second-order valence-electron chi connectivity index (χ2n) is 8.28. The van der Waals surface area contributed by atoms with Crippen molar-refractivity contribution in [3.05, 3.63) is 23.8 Å². The van der Waals surface area contributed by atoms with E-state index in [1.165, 1.54) is 0 Å². The molecule has 2 aliphatic heterocycles. The van der Waals surface area contributed by atoms with Gasteiger partial charge in [-0.05, 0) is 51.4 Å². The third-order valence-corrected chi connectivity index (χ3v) is 5.76. The van der Waals surface area contributed by atoms with Gasteiger partial charge in [0.1, 0.15) is 5.75 Å². The Labute approximate surface area is 180 Å². The van der Waals surface area contributed by atoms with Crippen molar-refractivity contribution >= 4 is 11.6 Å². The molecule has 3 rings (SSSR count). The minimum Gasteiger partial charge on any atom is -0.491 e. The van der Waals surface area contributed by atoms with E-state index in [1.54, 1.807) is 7.11 Å². The van der Waals surface area contributed by atoms with Crippen molar-refractivity contribution in [2.75, 3.05) is 64.6 Å². The summed E-state index contributed by atoms with van der Waals surface area (Å²) in [5.74, 6) is 0.846. The van der Waals surface area contributed by atoms with E-state index < -0.39 is 0 Å². The van der Waals surface area contributed by atoms with Crippen molar-refractivity contribution in [1.82, 2.24) is 10.2 Å². The number of anilines is 1. The molecule has 0 unspecified atom stereocenters. The summed E-state index contributed by atoms with van der Waals surface area (Å²) in [4.78, 5) is 17.8. The Morgan fingerprint density at radius 3 is 2.77 bits per heavy atom.